The maximum absolute atomic E-state index is 12.4. The quantitative estimate of drug-likeness (QED) is 0.492. The lowest BCUT2D eigenvalue weighted by molar-refractivity contribution is -0.115. The molecule has 4 aromatic rings. The van der Waals surface area contributed by atoms with E-state index in [1.807, 2.05) is 72.3 Å². The number of hydrogen-bond acceptors (Lipinski definition) is 5. The summed E-state index contributed by atoms with van der Waals surface area (Å²) in [5, 5.41) is 9.70. The van der Waals surface area contributed by atoms with Gasteiger partial charge in [-0.1, -0.05) is 48.2 Å². The summed E-state index contributed by atoms with van der Waals surface area (Å²) in [4.78, 5) is 14.0. The Bertz CT molecular complexity index is 1090. The van der Waals surface area contributed by atoms with E-state index in [0.29, 0.717) is 11.1 Å². The van der Waals surface area contributed by atoms with Gasteiger partial charge in [0.1, 0.15) is 5.69 Å². The Morgan fingerprint density at radius 3 is 2.63 bits per heavy atom. The number of benzene rings is 2. The number of hydrogen-bond donors (Lipinski definition) is 0. The molecule has 1 amide bonds. The number of aromatic nitrogens is 3. The van der Waals surface area contributed by atoms with Crippen LogP contribution < -0.4 is 4.90 Å². The number of amides is 1. The summed E-state index contributed by atoms with van der Waals surface area (Å²) < 4.78 is 7.78. The third-order valence-electron chi connectivity index (χ3n) is 4.41. The second-order valence-corrected chi connectivity index (χ2v) is 7.02. The average molecular weight is 378 g/mol. The SMILES string of the molecule is CN(C(=O)CSc1nnc(-c2cc3ccccc3n2C)o1)c1ccccc1. The van der Waals surface area contributed by atoms with Crippen molar-refractivity contribution in [1.29, 1.82) is 0 Å². The molecule has 0 radical (unpaired) electrons. The van der Waals surface area contributed by atoms with E-state index < -0.39 is 0 Å². The molecule has 7 heteroatoms. The smallest absolute Gasteiger partial charge is 0.277 e. The molecule has 0 atom stereocenters. The summed E-state index contributed by atoms with van der Waals surface area (Å²) in [6.45, 7) is 0. The van der Waals surface area contributed by atoms with Crippen molar-refractivity contribution in [3.63, 3.8) is 0 Å². The molecular weight excluding hydrogens is 360 g/mol. The maximum Gasteiger partial charge on any atom is 0.277 e. The number of carbonyl (C=O) groups excluding carboxylic acids is 1. The number of fused-ring (bicyclic) bond motifs is 1. The fourth-order valence-electron chi connectivity index (χ4n) is 2.88. The van der Waals surface area contributed by atoms with Crippen LogP contribution in [0.25, 0.3) is 22.5 Å². The van der Waals surface area contributed by atoms with Gasteiger partial charge in [-0.3, -0.25) is 4.79 Å². The first-order valence-electron chi connectivity index (χ1n) is 8.46. The minimum Gasteiger partial charge on any atom is -0.410 e. The van der Waals surface area contributed by atoms with Crippen LogP contribution in [0, 0.1) is 0 Å². The van der Waals surface area contributed by atoms with Gasteiger partial charge in [0, 0.05) is 30.7 Å². The minimum atomic E-state index is -0.0319. The average Bonchev–Trinajstić information content (AvgIpc) is 3.31. The Hall–Kier alpha value is -3.06. The molecule has 0 spiro atoms. The molecule has 0 aliphatic carbocycles. The molecule has 2 aromatic heterocycles. The molecule has 2 heterocycles. The molecule has 0 N–H and O–H groups in total. The molecule has 0 aliphatic rings. The van der Waals surface area contributed by atoms with E-state index in [2.05, 4.69) is 10.2 Å². The number of thioether (sulfide) groups is 1. The topological polar surface area (TPSA) is 64.2 Å². The number of para-hydroxylation sites is 2. The number of rotatable bonds is 5. The van der Waals surface area contributed by atoms with E-state index in [0.717, 1.165) is 22.3 Å². The summed E-state index contributed by atoms with van der Waals surface area (Å²) >= 11 is 1.24. The fraction of sp³-hybridized carbons (Fsp3) is 0.150. The van der Waals surface area contributed by atoms with Crippen molar-refractivity contribution in [1.82, 2.24) is 14.8 Å². The van der Waals surface area contributed by atoms with Crippen molar-refractivity contribution >= 4 is 34.3 Å². The van der Waals surface area contributed by atoms with Crippen molar-refractivity contribution in [2.75, 3.05) is 17.7 Å². The van der Waals surface area contributed by atoms with Crippen molar-refractivity contribution in [3.8, 4) is 11.6 Å². The maximum atomic E-state index is 12.4. The predicted molar refractivity (Wildman–Crippen MR) is 107 cm³/mol. The lowest BCUT2D eigenvalue weighted by Gasteiger charge is -2.16. The fourth-order valence-corrected chi connectivity index (χ4v) is 3.56. The molecule has 27 heavy (non-hydrogen) atoms. The van der Waals surface area contributed by atoms with Crippen LogP contribution in [0.3, 0.4) is 0 Å². The highest BCUT2D eigenvalue weighted by Crippen LogP contribution is 2.28. The first kappa shape index (κ1) is 17.4. The molecule has 136 valence electrons. The molecule has 0 fully saturated rings. The summed E-state index contributed by atoms with van der Waals surface area (Å²) in [6.07, 6.45) is 0. The van der Waals surface area contributed by atoms with Crippen LogP contribution in [0.1, 0.15) is 0 Å². The molecule has 0 bridgehead atoms. The monoisotopic (exact) mass is 378 g/mol. The Kier molecular flexibility index (Phi) is 4.68. The third kappa shape index (κ3) is 3.46. The van der Waals surface area contributed by atoms with Crippen LogP contribution in [0.15, 0.2) is 70.3 Å². The van der Waals surface area contributed by atoms with Gasteiger partial charge >= 0.3 is 0 Å². The first-order chi connectivity index (χ1) is 13.1. The summed E-state index contributed by atoms with van der Waals surface area (Å²) in [5.41, 5.74) is 2.80. The Balaban J connectivity index is 1.46. The van der Waals surface area contributed by atoms with E-state index in [-0.39, 0.29) is 11.7 Å². The van der Waals surface area contributed by atoms with Crippen LogP contribution in [-0.4, -0.2) is 33.5 Å². The zero-order chi connectivity index (χ0) is 18.8. The predicted octanol–water partition coefficient (Wildman–Crippen LogP) is 3.98. The van der Waals surface area contributed by atoms with Gasteiger partial charge in [-0.2, -0.15) is 0 Å². The van der Waals surface area contributed by atoms with Gasteiger partial charge in [-0.25, -0.2) is 0 Å². The van der Waals surface area contributed by atoms with Crippen molar-refractivity contribution in [2.24, 2.45) is 7.05 Å². The van der Waals surface area contributed by atoms with Crippen molar-refractivity contribution < 1.29 is 9.21 Å². The van der Waals surface area contributed by atoms with E-state index in [4.69, 9.17) is 4.42 Å². The van der Waals surface area contributed by atoms with Gasteiger partial charge in [0.15, 0.2) is 0 Å². The molecule has 0 aliphatic heterocycles. The van der Waals surface area contributed by atoms with E-state index in [1.165, 1.54) is 11.8 Å². The zero-order valence-electron chi connectivity index (χ0n) is 15.0. The molecule has 0 saturated heterocycles. The highest BCUT2D eigenvalue weighted by atomic mass is 32.2. The molecular formula is C20H18N4O2S. The van der Waals surface area contributed by atoms with E-state index in [1.54, 1.807) is 11.9 Å². The highest BCUT2D eigenvalue weighted by Gasteiger charge is 2.17. The van der Waals surface area contributed by atoms with Gasteiger partial charge < -0.3 is 13.9 Å². The van der Waals surface area contributed by atoms with Crippen LogP contribution in [0.2, 0.25) is 0 Å². The standard InChI is InChI=1S/C20H18N4O2S/c1-23(15-9-4-3-5-10-15)18(25)13-27-20-22-21-19(26-20)17-12-14-8-6-7-11-16(14)24(17)2/h3-12H,13H2,1-2H3. The van der Waals surface area contributed by atoms with Gasteiger partial charge in [-0.05, 0) is 24.3 Å². The Labute approximate surface area is 160 Å². The van der Waals surface area contributed by atoms with Crippen LogP contribution in [0.4, 0.5) is 5.69 Å². The summed E-state index contributed by atoms with van der Waals surface area (Å²) in [7, 11) is 3.72. The third-order valence-corrected chi connectivity index (χ3v) is 5.22. The first-order valence-corrected chi connectivity index (χ1v) is 9.45. The van der Waals surface area contributed by atoms with E-state index in [9.17, 15) is 4.79 Å². The minimum absolute atomic E-state index is 0.0319. The molecule has 2 aromatic carbocycles. The Morgan fingerprint density at radius 1 is 1.11 bits per heavy atom. The largest absolute Gasteiger partial charge is 0.410 e. The molecule has 0 unspecified atom stereocenters. The molecule has 0 saturated carbocycles. The second-order valence-electron chi connectivity index (χ2n) is 6.10. The number of aryl methyl sites for hydroxylation is 1. The lowest BCUT2D eigenvalue weighted by atomic mass is 10.2. The van der Waals surface area contributed by atoms with Gasteiger partial charge in [0.25, 0.3) is 11.1 Å². The zero-order valence-corrected chi connectivity index (χ0v) is 15.8. The molecule has 6 nitrogen and oxygen atoms in total. The Morgan fingerprint density at radius 2 is 1.85 bits per heavy atom. The van der Waals surface area contributed by atoms with Gasteiger partial charge in [0.05, 0.1) is 5.75 Å². The molecule has 4 rings (SSSR count). The van der Waals surface area contributed by atoms with Gasteiger partial charge in [-0.15, -0.1) is 10.2 Å². The van der Waals surface area contributed by atoms with Crippen LogP contribution in [-0.2, 0) is 11.8 Å². The number of anilines is 1. The van der Waals surface area contributed by atoms with Crippen LogP contribution >= 0.6 is 11.8 Å². The van der Waals surface area contributed by atoms with Crippen molar-refractivity contribution in [3.05, 3.63) is 60.7 Å². The second kappa shape index (κ2) is 7.28. The summed E-state index contributed by atoms with van der Waals surface area (Å²) in [5.74, 6) is 0.637. The van der Waals surface area contributed by atoms with Gasteiger partial charge in [0.2, 0.25) is 5.91 Å². The van der Waals surface area contributed by atoms with Crippen molar-refractivity contribution in [2.45, 2.75) is 5.22 Å². The lowest BCUT2D eigenvalue weighted by Crippen LogP contribution is -2.27. The normalized spacial score (nSPS) is 11.0. The number of carbonyl (C=O) groups is 1. The number of nitrogens with zero attached hydrogens (tertiary/aromatic N) is 4. The van der Waals surface area contributed by atoms with E-state index >= 15 is 0 Å². The highest BCUT2D eigenvalue weighted by molar-refractivity contribution is 7.99. The summed E-state index contributed by atoms with van der Waals surface area (Å²) in [6, 6.07) is 19.6. The van der Waals surface area contributed by atoms with Crippen LogP contribution in [0.5, 0.6) is 0 Å².